The zero-order valence-corrected chi connectivity index (χ0v) is 17.0. The Bertz CT molecular complexity index is 1170. The van der Waals surface area contributed by atoms with Crippen molar-refractivity contribution in [2.24, 2.45) is 0 Å². The van der Waals surface area contributed by atoms with Crippen molar-refractivity contribution >= 4 is 5.82 Å². The Balaban J connectivity index is 1.33. The molecule has 2 aromatic heterocycles. The lowest BCUT2D eigenvalue weighted by atomic mass is 10.1. The van der Waals surface area contributed by atoms with Gasteiger partial charge in [-0.05, 0) is 25.0 Å². The largest absolute Gasteiger partial charge is 0.416 e. The van der Waals surface area contributed by atoms with Gasteiger partial charge in [0.05, 0.1) is 11.6 Å². The average molecular weight is 440 g/mol. The summed E-state index contributed by atoms with van der Waals surface area (Å²) in [5.74, 6) is 0.928. The number of nitriles is 1. The molecule has 2 aliphatic rings. The molecule has 0 bridgehead atoms. The van der Waals surface area contributed by atoms with Crippen molar-refractivity contribution < 1.29 is 17.7 Å². The Kier molecular flexibility index (Phi) is 5.06. The molecule has 0 spiro atoms. The second kappa shape index (κ2) is 7.91. The molecule has 3 aromatic rings. The fraction of sp³-hybridized carbons (Fsp3) is 0.364. The number of fused-ring (bicyclic) bond motifs is 1. The lowest BCUT2D eigenvalue weighted by molar-refractivity contribution is -0.137. The summed E-state index contributed by atoms with van der Waals surface area (Å²) < 4.78 is 44.5. The number of aromatic nitrogens is 3. The van der Waals surface area contributed by atoms with E-state index in [0.29, 0.717) is 29.4 Å². The predicted molar refractivity (Wildman–Crippen MR) is 108 cm³/mol. The molecular weight excluding hydrogens is 421 g/mol. The van der Waals surface area contributed by atoms with Gasteiger partial charge < -0.3 is 9.42 Å². The summed E-state index contributed by atoms with van der Waals surface area (Å²) in [6, 6.07) is 9.21. The molecule has 2 atom stereocenters. The van der Waals surface area contributed by atoms with E-state index in [1.54, 1.807) is 18.3 Å². The molecule has 7 nitrogen and oxygen atoms in total. The van der Waals surface area contributed by atoms with Crippen molar-refractivity contribution in [1.82, 2.24) is 20.0 Å². The molecule has 5 rings (SSSR count). The summed E-state index contributed by atoms with van der Waals surface area (Å²) in [6.07, 6.45) is 0.501. The summed E-state index contributed by atoms with van der Waals surface area (Å²) in [5, 5.41) is 13.5. The van der Waals surface area contributed by atoms with Crippen LogP contribution in [0.4, 0.5) is 19.0 Å². The number of benzene rings is 1. The van der Waals surface area contributed by atoms with Gasteiger partial charge in [-0.25, -0.2) is 9.97 Å². The minimum atomic E-state index is -4.41. The van der Waals surface area contributed by atoms with Crippen molar-refractivity contribution in [2.75, 3.05) is 24.5 Å². The highest BCUT2D eigenvalue weighted by Crippen LogP contribution is 2.40. The number of anilines is 1. The number of piperazine rings is 1. The van der Waals surface area contributed by atoms with Crippen LogP contribution in [0.1, 0.15) is 35.8 Å². The van der Waals surface area contributed by atoms with Crippen molar-refractivity contribution in [1.29, 1.82) is 5.26 Å². The predicted octanol–water partition coefficient (Wildman–Crippen LogP) is 4.05. The van der Waals surface area contributed by atoms with Gasteiger partial charge in [0.15, 0.2) is 17.3 Å². The van der Waals surface area contributed by atoms with Gasteiger partial charge in [0.1, 0.15) is 11.8 Å². The fourth-order valence-corrected chi connectivity index (χ4v) is 4.63. The van der Waals surface area contributed by atoms with Gasteiger partial charge in [-0.15, -0.1) is 0 Å². The second-order valence-corrected chi connectivity index (χ2v) is 7.97. The van der Waals surface area contributed by atoms with Crippen molar-refractivity contribution in [3.8, 4) is 17.4 Å². The van der Waals surface area contributed by atoms with Crippen LogP contribution in [0.15, 0.2) is 47.2 Å². The number of nitrogens with zero attached hydrogens (tertiary/aromatic N) is 6. The number of halogens is 3. The molecule has 0 radical (unpaired) electrons. The van der Waals surface area contributed by atoms with Crippen LogP contribution in [-0.2, 0) is 6.18 Å². The van der Waals surface area contributed by atoms with E-state index in [-0.39, 0.29) is 12.1 Å². The highest BCUT2D eigenvalue weighted by molar-refractivity contribution is 5.59. The van der Waals surface area contributed by atoms with Gasteiger partial charge in [0.25, 0.3) is 0 Å². The zero-order chi connectivity index (χ0) is 22.3. The normalized spacial score (nSPS) is 21.4. The van der Waals surface area contributed by atoms with Gasteiger partial charge >= 0.3 is 6.18 Å². The van der Waals surface area contributed by atoms with E-state index in [4.69, 9.17) is 4.52 Å². The van der Waals surface area contributed by atoms with E-state index in [1.807, 2.05) is 0 Å². The number of hydrogen-bond acceptors (Lipinski definition) is 7. The first-order chi connectivity index (χ1) is 15.4. The zero-order valence-electron chi connectivity index (χ0n) is 17.0. The van der Waals surface area contributed by atoms with Gasteiger partial charge in [-0.2, -0.15) is 18.4 Å². The molecule has 0 saturated carbocycles. The van der Waals surface area contributed by atoms with E-state index in [2.05, 4.69) is 31.0 Å². The molecule has 10 heteroatoms. The van der Waals surface area contributed by atoms with Crippen LogP contribution in [0.5, 0.6) is 0 Å². The third kappa shape index (κ3) is 3.69. The van der Waals surface area contributed by atoms with Crippen molar-refractivity contribution in [3.05, 3.63) is 59.7 Å². The molecule has 1 aromatic carbocycles. The molecule has 164 valence electrons. The first kappa shape index (κ1) is 20.5. The van der Waals surface area contributed by atoms with E-state index < -0.39 is 11.7 Å². The Labute approximate surface area is 182 Å². The SMILES string of the molecule is N#Cc1nccnc1N1CCN2C(CC[C@@H]2c2cc(-c3cccc(C(F)(F)F)c3)on2)C1. The molecule has 0 N–H and O–H groups in total. The summed E-state index contributed by atoms with van der Waals surface area (Å²) in [7, 11) is 0. The Morgan fingerprint density at radius 2 is 1.94 bits per heavy atom. The van der Waals surface area contributed by atoms with E-state index in [9.17, 15) is 18.4 Å². The average Bonchev–Trinajstić information content (AvgIpc) is 3.45. The van der Waals surface area contributed by atoms with Crippen molar-refractivity contribution in [3.63, 3.8) is 0 Å². The topological polar surface area (TPSA) is 82.1 Å². The molecule has 2 saturated heterocycles. The number of alkyl halides is 3. The van der Waals surface area contributed by atoms with Crippen LogP contribution in [0.25, 0.3) is 11.3 Å². The first-order valence-electron chi connectivity index (χ1n) is 10.3. The van der Waals surface area contributed by atoms with Crippen LogP contribution >= 0.6 is 0 Å². The second-order valence-electron chi connectivity index (χ2n) is 7.97. The summed E-state index contributed by atoms with van der Waals surface area (Å²) in [4.78, 5) is 12.9. The molecule has 1 unspecified atom stereocenters. The minimum Gasteiger partial charge on any atom is -0.356 e. The molecule has 0 amide bonds. The Morgan fingerprint density at radius 1 is 1.09 bits per heavy atom. The van der Waals surface area contributed by atoms with Crippen LogP contribution in [0.3, 0.4) is 0 Å². The van der Waals surface area contributed by atoms with Gasteiger partial charge in [-0.3, -0.25) is 4.90 Å². The molecule has 2 aliphatic heterocycles. The minimum absolute atomic E-state index is 0.0442. The standard InChI is InChI=1S/C22H19F3N6O/c23-22(24,25)15-3-1-2-14(10-15)20-11-17(29-32-20)19-5-4-16-13-30(8-9-31(16)19)21-18(12-26)27-6-7-28-21/h1-3,6-7,10-11,16,19H,4-5,8-9,13H2/t16?,19-/m1/s1. The number of rotatable bonds is 3. The van der Waals surface area contributed by atoms with Crippen LogP contribution in [0, 0.1) is 11.3 Å². The molecule has 0 aliphatic carbocycles. The van der Waals surface area contributed by atoms with E-state index in [0.717, 1.165) is 43.8 Å². The van der Waals surface area contributed by atoms with E-state index >= 15 is 0 Å². The molecule has 4 heterocycles. The smallest absolute Gasteiger partial charge is 0.356 e. The quantitative estimate of drug-likeness (QED) is 0.608. The molecule has 32 heavy (non-hydrogen) atoms. The van der Waals surface area contributed by atoms with Gasteiger partial charge in [0, 0.05) is 49.7 Å². The highest BCUT2D eigenvalue weighted by atomic mass is 19.4. The van der Waals surface area contributed by atoms with Gasteiger partial charge in [0.2, 0.25) is 0 Å². The summed E-state index contributed by atoms with van der Waals surface area (Å²) in [6.45, 7) is 2.17. The lowest BCUT2D eigenvalue weighted by Gasteiger charge is -2.40. The monoisotopic (exact) mass is 440 g/mol. The summed E-state index contributed by atoms with van der Waals surface area (Å²) >= 11 is 0. The lowest BCUT2D eigenvalue weighted by Crippen LogP contribution is -2.51. The van der Waals surface area contributed by atoms with Gasteiger partial charge in [-0.1, -0.05) is 17.3 Å². The van der Waals surface area contributed by atoms with E-state index in [1.165, 1.54) is 12.3 Å². The maximum absolute atomic E-state index is 13.0. The van der Waals surface area contributed by atoms with Crippen LogP contribution in [-0.4, -0.2) is 45.7 Å². The summed E-state index contributed by atoms with van der Waals surface area (Å²) in [5.41, 5.74) is 0.679. The third-order valence-corrected chi connectivity index (χ3v) is 6.13. The third-order valence-electron chi connectivity index (χ3n) is 6.13. The highest BCUT2D eigenvalue weighted by Gasteiger charge is 2.40. The van der Waals surface area contributed by atoms with Crippen molar-refractivity contribution in [2.45, 2.75) is 31.1 Å². The van der Waals surface area contributed by atoms with Crippen LogP contribution < -0.4 is 4.90 Å². The Morgan fingerprint density at radius 3 is 2.75 bits per heavy atom. The maximum atomic E-state index is 13.0. The molecular formula is C22H19F3N6O. The van der Waals surface area contributed by atoms with Crippen LogP contribution in [0.2, 0.25) is 0 Å². The Hall–Kier alpha value is -3.45. The fourth-order valence-electron chi connectivity index (χ4n) is 4.63. The molecule has 2 fully saturated rings. The number of hydrogen-bond donors (Lipinski definition) is 0. The maximum Gasteiger partial charge on any atom is 0.416 e. The first-order valence-corrected chi connectivity index (χ1v) is 10.3.